The lowest BCUT2D eigenvalue weighted by molar-refractivity contribution is 0.107. The van der Waals surface area contributed by atoms with Crippen molar-refractivity contribution in [1.29, 1.82) is 0 Å². The lowest BCUT2D eigenvalue weighted by Crippen LogP contribution is -2.50. The van der Waals surface area contributed by atoms with Crippen LogP contribution in [0.4, 0.5) is 0 Å². The van der Waals surface area contributed by atoms with E-state index in [4.69, 9.17) is 8.85 Å². The first-order valence-corrected chi connectivity index (χ1v) is 9.02. The highest BCUT2D eigenvalue weighted by molar-refractivity contribution is 6.65. The lowest BCUT2D eigenvalue weighted by Gasteiger charge is -2.38. The van der Waals surface area contributed by atoms with Gasteiger partial charge in [-0.15, -0.1) is 0 Å². The second-order valence-corrected chi connectivity index (χ2v) is 8.92. The van der Waals surface area contributed by atoms with Gasteiger partial charge in [-0.1, -0.05) is 0 Å². The molecule has 0 N–H and O–H groups in total. The van der Waals surface area contributed by atoms with E-state index in [9.17, 15) is 0 Å². The summed E-state index contributed by atoms with van der Waals surface area (Å²) in [5.74, 6) is 0. The Morgan fingerprint density at radius 2 is 1.82 bits per heavy atom. The maximum absolute atomic E-state index is 5.52. The molecule has 0 radical (unpaired) electrons. The average molecular weight is 260 g/mol. The van der Waals surface area contributed by atoms with Crippen LogP contribution in [0.1, 0.15) is 12.8 Å². The molecule has 1 unspecified atom stereocenters. The monoisotopic (exact) mass is 260 g/mol. The Bertz CT molecular complexity index is 225. The molecule has 0 aromatic heterocycles. The normalized spacial score (nSPS) is 24.2. The molecule has 0 bridgehead atoms. The summed E-state index contributed by atoms with van der Waals surface area (Å²) in [7, 11) is 6.14. The minimum atomic E-state index is -1.85. The molecule has 1 fully saturated rings. The van der Waals surface area contributed by atoms with E-state index in [1.54, 1.807) is 14.2 Å². The molecule has 0 saturated carbocycles. The Labute approximate surface area is 107 Å². The van der Waals surface area contributed by atoms with Gasteiger partial charge in [0.2, 0.25) is 0 Å². The molecular formula is C12H28N2O2Si. The summed E-state index contributed by atoms with van der Waals surface area (Å²) in [6.45, 7) is 5.71. The SMILES string of the molecule is CO[Si](C)(CCCC1CN(C)CCN1C)OC. The highest BCUT2D eigenvalue weighted by Gasteiger charge is 2.29. The molecule has 102 valence electrons. The van der Waals surface area contributed by atoms with Crippen molar-refractivity contribution in [3.63, 3.8) is 0 Å². The maximum Gasteiger partial charge on any atom is 0.334 e. The molecule has 1 aliphatic rings. The fourth-order valence-electron chi connectivity index (χ4n) is 2.36. The molecule has 0 spiro atoms. The van der Waals surface area contributed by atoms with Crippen molar-refractivity contribution in [3.05, 3.63) is 0 Å². The molecule has 0 aliphatic carbocycles. The van der Waals surface area contributed by atoms with E-state index in [0.29, 0.717) is 6.04 Å². The van der Waals surface area contributed by atoms with Crippen molar-refractivity contribution < 1.29 is 8.85 Å². The zero-order chi connectivity index (χ0) is 12.9. The molecule has 17 heavy (non-hydrogen) atoms. The van der Waals surface area contributed by atoms with Gasteiger partial charge in [0.15, 0.2) is 0 Å². The zero-order valence-electron chi connectivity index (χ0n) is 12.0. The molecule has 1 aliphatic heterocycles. The third kappa shape index (κ3) is 4.67. The zero-order valence-corrected chi connectivity index (χ0v) is 13.0. The molecule has 0 aromatic carbocycles. The highest BCUT2D eigenvalue weighted by atomic mass is 28.4. The van der Waals surface area contributed by atoms with Crippen molar-refractivity contribution in [3.8, 4) is 0 Å². The molecule has 4 nitrogen and oxygen atoms in total. The van der Waals surface area contributed by atoms with Gasteiger partial charge in [0.25, 0.3) is 0 Å². The number of rotatable bonds is 6. The van der Waals surface area contributed by atoms with E-state index in [1.165, 1.54) is 32.5 Å². The summed E-state index contributed by atoms with van der Waals surface area (Å²) in [6, 6.07) is 1.79. The smallest absolute Gasteiger partial charge is 0.334 e. The predicted molar refractivity (Wildman–Crippen MR) is 73.6 cm³/mol. The predicted octanol–water partition coefficient (Wildman–Crippen LogP) is 1.38. The molecule has 5 heteroatoms. The molecule has 1 saturated heterocycles. The minimum absolute atomic E-state index is 0.695. The first-order valence-electron chi connectivity index (χ1n) is 6.50. The minimum Gasteiger partial charge on any atom is -0.398 e. The van der Waals surface area contributed by atoms with E-state index < -0.39 is 8.56 Å². The van der Waals surface area contributed by atoms with Crippen LogP contribution in [0.2, 0.25) is 12.6 Å². The van der Waals surface area contributed by atoms with Crippen LogP contribution in [-0.2, 0) is 8.85 Å². The van der Waals surface area contributed by atoms with Gasteiger partial charge >= 0.3 is 8.56 Å². The summed E-state index contributed by atoms with van der Waals surface area (Å²) in [5.41, 5.74) is 0. The van der Waals surface area contributed by atoms with E-state index in [0.717, 1.165) is 6.04 Å². The quantitative estimate of drug-likeness (QED) is 0.674. The van der Waals surface area contributed by atoms with Crippen molar-refractivity contribution >= 4 is 8.56 Å². The Hall–Kier alpha value is 0.0569. The Morgan fingerprint density at radius 3 is 2.41 bits per heavy atom. The summed E-state index contributed by atoms with van der Waals surface area (Å²) in [6.07, 6.45) is 2.45. The second-order valence-electron chi connectivity index (χ2n) is 5.33. The molecule has 1 rings (SSSR count). The van der Waals surface area contributed by atoms with Crippen molar-refractivity contribution in [2.45, 2.75) is 31.5 Å². The van der Waals surface area contributed by atoms with E-state index in [-0.39, 0.29) is 0 Å². The molecule has 1 heterocycles. The van der Waals surface area contributed by atoms with Crippen LogP contribution in [0.5, 0.6) is 0 Å². The van der Waals surface area contributed by atoms with Crippen molar-refractivity contribution in [2.75, 3.05) is 47.9 Å². The summed E-state index contributed by atoms with van der Waals surface area (Å²) in [4.78, 5) is 4.91. The standard InChI is InChI=1S/C12H28N2O2Si/c1-13-8-9-14(2)12(11-13)7-6-10-17(5,15-3)16-4/h12H,6-11H2,1-5H3. The van der Waals surface area contributed by atoms with E-state index >= 15 is 0 Å². The van der Waals surface area contributed by atoms with Gasteiger partial charge in [0, 0.05) is 39.9 Å². The fraction of sp³-hybridized carbons (Fsp3) is 1.00. The summed E-state index contributed by atoms with van der Waals surface area (Å²) in [5, 5.41) is 0. The number of piperazine rings is 1. The fourth-order valence-corrected chi connectivity index (χ4v) is 3.78. The number of hydrogen-bond donors (Lipinski definition) is 0. The number of nitrogens with zero attached hydrogens (tertiary/aromatic N) is 2. The number of likely N-dealkylation sites (N-methyl/N-ethyl adjacent to an activating group) is 2. The van der Waals surface area contributed by atoms with E-state index in [2.05, 4.69) is 30.4 Å². The van der Waals surface area contributed by atoms with Gasteiger partial charge in [-0.05, 0) is 39.5 Å². The molecule has 1 atom stereocenters. The number of hydrogen-bond acceptors (Lipinski definition) is 4. The van der Waals surface area contributed by atoms with Crippen LogP contribution >= 0.6 is 0 Å². The Balaban J connectivity index is 2.30. The van der Waals surface area contributed by atoms with Gasteiger partial charge in [-0.25, -0.2) is 0 Å². The summed E-state index contributed by atoms with van der Waals surface area (Å²) >= 11 is 0. The third-order valence-corrected chi connectivity index (χ3v) is 7.00. The maximum atomic E-state index is 5.52. The van der Waals surface area contributed by atoms with Gasteiger partial charge < -0.3 is 18.7 Å². The van der Waals surface area contributed by atoms with Crippen LogP contribution in [0.3, 0.4) is 0 Å². The van der Waals surface area contributed by atoms with Crippen LogP contribution in [0.25, 0.3) is 0 Å². The van der Waals surface area contributed by atoms with Gasteiger partial charge in [0.1, 0.15) is 0 Å². The van der Waals surface area contributed by atoms with Crippen LogP contribution in [0.15, 0.2) is 0 Å². The average Bonchev–Trinajstić information content (AvgIpc) is 2.33. The lowest BCUT2D eigenvalue weighted by atomic mass is 10.1. The first kappa shape index (κ1) is 15.1. The Kier molecular flexibility index (Phi) is 6.09. The second kappa shape index (κ2) is 6.85. The molecule has 0 aromatic rings. The Morgan fingerprint density at radius 1 is 1.18 bits per heavy atom. The third-order valence-electron chi connectivity index (χ3n) is 4.01. The summed E-state index contributed by atoms with van der Waals surface area (Å²) < 4.78 is 11.0. The van der Waals surface area contributed by atoms with Gasteiger partial charge in [0.05, 0.1) is 0 Å². The van der Waals surface area contributed by atoms with Crippen LogP contribution < -0.4 is 0 Å². The van der Waals surface area contributed by atoms with Gasteiger partial charge in [-0.3, -0.25) is 0 Å². The molecule has 0 amide bonds. The van der Waals surface area contributed by atoms with Crippen LogP contribution in [-0.4, -0.2) is 72.4 Å². The van der Waals surface area contributed by atoms with Crippen molar-refractivity contribution in [2.24, 2.45) is 0 Å². The molecular weight excluding hydrogens is 232 g/mol. The van der Waals surface area contributed by atoms with Crippen LogP contribution in [0, 0.1) is 0 Å². The largest absolute Gasteiger partial charge is 0.398 e. The highest BCUT2D eigenvalue weighted by Crippen LogP contribution is 2.19. The van der Waals surface area contributed by atoms with Gasteiger partial charge in [-0.2, -0.15) is 0 Å². The topological polar surface area (TPSA) is 24.9 Å². The first-order chi connectivity index (χ1) is 8.00. The van der Waals surface area contributed by atoms with Crippen molar-refractivity contribution in [1.82, 2.24) is 9.80 Å². The van der Waals surface area contributed by atoms with E-state index in [1.807, 2.05) is 0 Å².